The number of aryl methyl sites for hydroxylation is 1. The minimum atomic E-state index is -0.631. The maximum absolute atomic E-state index is 12.8. The van der Waals surface area contributed by atoms with Gasteiger partial charge in [0.25, 0.3) is 11.6 Å². The number of nitriles is 2. The summed E-state index contributed by atoms with van der Waals surface area (Å²) in [6.45, 7) is 1.54. The normalized spacial score (nSPS) is 15.6. The number of nitrogens with zero attached hydrogens (tertiary/aromatic N) is 4. The predicted octanol–water partition coefficient (Wildman–Crippen LogP) is 4.55. The van der Waals surface area contributed by atoms with Crippen molar-refractivity contribution >= 4 is 39.7 Å². The first kappa shape index (κ1) is 21.5. The number of nitro benzene ring substituents is 1. The van der Waals surface area contributed by atoms with Gasteiger partial charge in [0.05, 0.1) is 10.5 Å². The van der Waals surface area contributed by atoms with Gasteiger partial charge in [0.2, 0.25) is 0 Å². The molecule has 8 nitrogen and oxygen atoms in total. The molecule has 1 saturated heterocycles. The highest BCUT2D eigenvalue weighted by atomic mass is 32.1. The third-order valence-electron chi connectivity index (χ3n) is 5.83. The third-order valence-corrected chi connectivity index (χ3v) is 7.04. The van der Waals surface area contributed by atoms with Gasteiger partial charge in [-0.3, -0.25) is 14.9 Å². The van der Waals surface area contributed by atoms with Crippen LogP contribution in [0.25, 0.3) is 6.08 Å². The molecule has 2 aliphatic rings. The van der Waals surface area contributed by atoms with E-state index in [1.165, 1.54) is 23.5 Å². The molecular formula is C23H21N5O3S. The van der Waals surface area contributed by atoms with Crippen molar-refractivity contribution in [2.24, 2.45) is 0 Å². The molecule has 1 N–H and O–H groups in total. The highest BCUT2D eigenvalue weighted by Gasteiger charge is 2.24. The van der Waals surface area contributed by atoms with Crippen molar-refractivity contribution in [3.05, 3.63) is 55.5 Å². The van der Waals surface area contributed by atoms with Gasteiger partial charge in [-0.05, 0) is 61.8 Å². The minimum Gasteiger partial charge on any atom is -0.366 e. The first-order valence-corrected chi connectivity index (χ1v) is 11.3. The summed E-state index contributed by atoms with van der Waals surface area (Å²) < 4.78 is 0. The van der Waals surface area contributed by atoms with Crippen LogP contribution in [0.2, 0.25) is 0 Å². The smallest absolute Gasteiger partial charge is 0.293 e. The SMILES string of the molecule is N#C/C(=C/c1ccc(N2CCCC2)c([N+](=O)[O-])c1)C(=O)Nc1sc2c(c1C#N)CCCC2. The van der Waals surface area contributed by atoms with Gasteiger partial charge in [0.15, 0.2) is 0 Å². The fraction of sp³-hybridized carbons (Fsp3) is 0.348. The Labute approximate surface area is 189 Å². The molecule has 9 heteroatoms. The van der Waals surface area contributed by atoms with E-state index in [-0.39, 0.29) is 11.3 Å². The number of carbonyl (C=O) groups is 1. The molecule has 1 aromatic heterocycles. The predicted molar refractivity (Wildman–Crippen MR) is 122 cm³/mol. The van der Waals surface area contributed by atoms with Crippen molar-refractivity contribution in [1.82, 2.24) is 0 Å². The Bertz CT molecular complexity index is 1200. The van der Waals surface area contributed by atoms with E-state index in [4.69, 9.17) is 0 Å². The van der Waals surface area contributed by atoms with Crippen LogP contribution in [-0.2, 0) is 17.6 Å². The van der Waals surface area contributed by atoms with Crippen LogP contribution in [0.15, 0.2) is 23.8 Å². The lowest BCUT2D eigenvalue weighted by molar-refractivity contribution is -0.384. The molecular weight excluding hydrogens is 426 g/mol. The zero-order valence-corrected chi connectivity index (χ0v) is 18.2. The molecule has 2 aromatic rings. The van der Waals surface area contributed by atoms with E-state index in [9.17, 15) is 25.4 Å². The summed E-state index contributed by atoms with van der Waals surface area (Å²) in [6, 6.07) is 8.80. The average molecular weight is 448 g/mol. The number of amides is 1. The van der Waals surface area contributed by atoms with E-state index in [0.29, 0.717) is 21.8 Å². The van der Waals surface area contributed by atoms with E-state index in [1.54, 1.807) is 12.1 Å². The molecule has 0 atom stereocenters. The number of fused-ring (bicyclic) bond motifs is 1. The van der Waals surface area contributed by atoms with Gasteiger partial charge in [0.1, 0.15) is 28.4 Å². The largest absolute Gasteiger partial charge is 0.366 e. The first-order valence-electron chi connectivity index (χ1n) is 10.5. The highest BCUT2D eigenvalue weighted by molar-refractivity contribution is 7.16. The Kier molecular flexibility index (Phi) is 6.20. The van der Waals surface area contributed by atoms with E-state index < -0.39 is 10.8 Å². The van der Waals surface area contributed by atoms with Crippen LogP contribution in [0.3, 0.4) is 0 Å². The molecule has 0 unspecified atom stereocenters. The summed E-state index contributed by atoms with van der Waals surface area (Å²) in [7, 11) is 0. The standard InChI is InChI=1S/C23H21N5O3S/c24-13-16(22(29)26-23-18(14-25)17-5-1-2-6-21(17)32-23)11-15-7-8-19(20(12-15)28(30)31)27-9-3-4-10-27/h7-8,11-12H,1-6,9-10H2,(H,26,29)/b16-11-. The molecule has 1 amide bonds. The molecule has 1 fully saturated rings. The number of carbonyl (C=O) groups excluding carboxylic acids is 1. The van der Waals surface area contributed by atoms with Crippen LogP contribution in [0.5, 0.6) is 0 Å². The van der Waals surface area contributed by atoms with Crippen molar-refractivity contribution in [2.75, 3.05) is 23.3 Å². The van der Waals surface area contributed by atoms with E-state index in [1.807, 2.05) is 11.0 Å². The summed E-state index contributed by atoms with van der Waals surface area (Å²) in [6.07, 6.45) is 7.11. The number of thiophene rings is 1. The van der Waals surface area contributed by atoms with Crippen LogP contribution < -0.4 is 10.2 Å². The second-order valence-corrected chi connectivity index (χ2v) is 8.96. The molecule has 2 heterocycles. The highest BCUT2D eigenvalue weighted by Crippen LogP contribution is 2.38. The van der Waals surface area contributed by atoms with Crippen LogP contribution in [0.1, 0.15) is 47.3 Å². The van der Waals surface area contributed by atoms with Crippen LogP contribution in [-0.4, -0.2) is 23.9 Å². The van der Waals surface area contributed by atoms with Gasteiger partial charge < -0.3 is 10.2 Å². The van der Waals surface area contributed by atoms with Crippen LogP contribution >= 0.6 is 11.3 Å². The van der Waals surface area contributed by atoms with Crippen LogP contribution in [0, 0.1) is 32.8 Å². The van der Waals surface area contributed by atoms with Crippen molar-refractivity contribution in [2.45, 2.75) is 38.5 Å². The maximum atomic E-state index is 12.8. The lowest BCUT2D eigenvalue weighted by Gasteiger charge is -2.17. The van der Waals surface area contributed by atoms with Gasteiger partial charge >= 0.3 is 0 Å². The van der Waals surface area contributed by atoms with Crippen molar-refractivity contribution in [3.63, 3.8) is 0 Å². The minimum absolute atomic E-state index is 0.0453. The third kappa shape index (κ3) is 4.20. The summed E-state index contributed by atoms with van der Waals surface area (Å²) in [5.41, 5.74) is 2.20. The Morgan fingerprint density at radius 2 is 1.94 bits per heavy atom. The van der Waals surface area contributed by atoms with Gasteiger partial charge in [0, 0.05) is 24.0 Å². The number of hydrogen-bond acceptors (Lipinski definition) is 7. The molecule has 0 radical (unpaired) electrons. The van der Waals surface area contributed by atoms with Gasteiger partial charge in [-0.2, -0.15) is 10.5 Å². The number of anilines is 2. The molecule has 32 heavy (non-hydrogen) atoms. The first-order chi connectivity index (χ1) is 15.5. The molecule has 162 valence electrons. The van der Waals surface area contributed by atoms with E-state index in [0.717, 1.165) is 62.1 Å². The fourth-order valence-electron chi connectivity index (χ4n) is 4.26. The van der Waals surface area contributed by atoms with E-state index in [2.05, 4.69) is 11.4 Å². The second-order valence-electron chi connectivity index (χ2n) is 7.85. The molecule has 1 aliphatic heterocycles. The summed E-state index contributed by atoms with van der Waals surface area (Å²) in [5.74, 6) is -0.631. The number of nitrogens with one attached hydrogen (secondary N) is 1. The monoisotopic (exact) mass is 447 g/mol. The maximum Gasteiger partial charge on any atom is 0.293 e. The fourth-order valence-corrected chi connectivity index (χ4v) is 5.49. The molecule has 1 aliphatic carbocycles. The number of benzene rings is 1. The topological polar surface area (TPSA) is 123 Å². The van der Waals surface area contributed by atoms with Crippen LogP contribution in [0.4, 0.5) is 16.4 Å². The molecule has 1 aromatic carbocycles. The lowest BCUT2D eigenvalue weighted by Crippen LogP contribution is -2.18. The summed E-state index contributed by atoms with van der Waals surface area (Å²) in [4.78, 5) is 27.0. The molecule has 4 rings (SSSR count). The molecule has 0 spiro atoms. The lowest BCUT2D eigenvalue weighted by atomic mass is 9.96. The number of hydrogen-bond donors (Lipinski definition) is 1. The van der Waals surface area contributed by atoms with Crippen molar-refractivity contribution in [3.8, 4) is 12.1 Å². The number of rotatable bonds is 5. The number of nitro groups is 1. The molecule has 0 saturated carbocycles. The van der Waals surface area contributed by atoms with E-state index >= 15 is 0 Å². The zero-order valence-electron chi connectivity index (χ0n) is 17.4. The Balaban J connectivity index is 1.61. The zero-order chi connectivity index (χ0) is 22.7. The quantitative estimate of drug-likeness (QED) is 0.310. The van der Waals surface area contributed by atoms with Crippen molar-refractivity contribution < 1.29 is 9.72 Å². The Hall–Kier alpha value is -3.69. The van der Waals surface area contributed by atoms with Gasteiger partial charge in [-0.1, -0.05) is 6.07 Å². The average Bonchev–Trinajstić information content (AvgIpc) is 3.44. The summed E-state index contributed by atoms with van der Waals surface area (Å²) in [5, 5.41) is 33.9. The summed E-state index contributed by atoms with van der Waals surface area (Å²) >= 11 is 1.39. The Morgan fingerprint density at radius 1 is 1.19 bits per heavy atom. The second kappa shape index (κ2) is 9.21. The van der Waals surface area contributed by atoms with Gasteiger partial charge in [-0.25, -0.2) is 0 Å². The Morgan fingerprint density at radius 3 is 2.62 bits per heavy atom. The van der Waals surface area contributed by atoms with Gasteiger partial charge in [-0.15, -0.1) is 11.3 Å². The molecule has 0 bridgehead atoms. The van der Waals surface area contributed by atoms with Crippen molar-refractivity contribution in [1.29, 1.82) is 10.5 Å².